The molecule has 0 bridgehead atoms. The summed E-state index contributed by atoms with van der Waals surface area (Å²) in [7, 11) is 1.78. The molecule has 3 rings (SSSR count). The van der Waals surface area contributed by atoms with Gasteiger partial charge < -0.3 is 11.1 Å². The average molecular weight is 275 g/mol. The van der Waals surface area contributed by atoms with E-state index in [0.29, 0.717) is 16.7 Å². The Morgan fingerprint density at radius 3 is 2.95 bits per heavy atom. The number of halogens is 1. The number of nitrogens with one attached hydrogen (secondary N) is 1. The van der Waals surface area contributed by atoms with Gasteiger partial charge in [-0.3, -0.25) is 9.67 Å². The number of nitrogens with two attached hydrogens (primary N) is 1. The molecular formula is C12H10FN5S. The molecule has 0 spiro atoms. The number of hydrogen-bond acceptors (Lipinski definition) is 3. The first-order chi connectivity index (χ1) is 9.06. The molecule has 0 amide bonds. The molecule has 0 unspecified atom stereocenters. The number of nitrogens with zero attached hydrogens (tertiary/aromatic N) is 3. The third-order valence-electron chi connectivity index (χ3n) is 2.87. The number of pyridine rings is 1. The first kappa shape index (κ1) is 11.8. The van der Waals surface area contributed by atoms with Crippen LogP contribution in [0.1, 0.15) is 0 Å². The fourth-order valence-corrected chi connectivity index (χ4v) is 2.23. The molecular weight excluding hydrogens is 265 g/mol. The van der Waals surface area contributed by atoms with Crippen molar-refractivity contribution in [3.63, 3.8) is 0 Å². The Labute approximate surface area is 113 Å². The maximum absolute atomic E-state index is 13.4. The first-order valence-corrected chi connectivity index (χ1v) is 5.94. The lowest BCUT2D eigenvalue weighted by Gasteiger charge is -2.01. The molecule has 3 aromatic rings. The Morgan fingerprint density at radius 1 is 1.42 bits per heavy atom. The van der Waals surface area contributed by atoms with Crippen molar-refractivity contribution < 1.29 is 4.39 Å². The third kappa shape index (κ3) is 1.88. The predicted octanol–water partition coefficient (Wildman–Crippen LogP) is 1.92. The summed E-state index contributed by atoms with van der Waals surface area (Å²) in [6.45, 7) is 0. The van der Waals surface area contributed by atoms with Crippen molar-refractivity contribution in [2.45, 2.75) is 0 Å². The van der Waals surface area contributed by atoms with Crippen molar-refractivity contribution in [2.75, 3.05) is 5.32 Å². The second-order valence-electron chi connectivity index (χ2n) is 4.14. The summed E-state index contributed by atoms with van der Waals surface area (Å²) in [6.07, 6.45) is 1.67. The monoisotopic (exact) mass is 275 g/mol. The van der Waals surface area contributed by atoms with E-state index in [2.05, 4.69) is 15.4 Å². The zero-order valence-corrected chi connectivity index (χ0v) is 10.8. The van der Waals surface area contributed by atoms with Crippen LogP contribution in [0.25, 0.3) is 21.8 Å². The zero-order chi connectivity index (χ0) is 13.6. The Bertz CT molecular complexity index is 811. The summed E-state index contributed by atoms with van der Waals surface area (Å²) >= 11 is 4.80. The van der Waals surface area contributed by atoms with Gasteiger partial charge in [0, 0.05) is 18.6 Å². The van der Waals surface area contributed by atoms with E-state index in [1.165, 1.54) is 12.1 Å². The smallest absolute Gasteiger partial charge is 0.169 e. The van der Waals surface area contributed by atoms with E-state index in [1.807, 2.05) is 0 Å². The Kier molecular flexibility index (Phi) is 2.56. The molecule has 19 heavy (non-hydrogen) atoms. The Hall–Kier alpha value is -2.28. The number of thiocarbonyl (C=S) groups is 1. The van der Waals surface area contributed by atoms with Crippen LogP contribution in [-0.4, -0.2) is 19.9 Å². The second kappa shape index (κ2) is 4.13. The van der Waals surface area contributed by atoms with Crippen LogP contribution in [0.3, 0.4) is 0 Å². The van der Waals surface area contributed by atoms with Crippen molar-refractivity contribution in [2.24, 2.45) is 12.8 Å². The van der Waals surface area contributed by atoms with E-state index < -0.39 is 0 Å². The molecule has 0 atom stereocenters. The maximum atomic E-state index is 13.4. The van der Waals surface area contributed by atoms with Gasteiger partial charge in [-0.1, -0.05) is 0 Å². The topological polar surface area (TPSA) is 68.8 Å². The number of rotatable bonds is 1. The minimum Gasteiger partial charge on any atom is -0.376 e. The molecule has 1 aromatic carbocycles. The molecule has 2 aromatic heterocycles. The van der Waals surface area contributed by atoms with Crippen LogP contribution >= 0.6 is 12.2 Å². The number of fused-ring (bicyclic) bond motifs is 3. The summed E-state index contributed by atoms with van der Waals surface area (Å²) in [5.74, 6) is 0.204. The van der Waals surface area contributed by atoms with Crippen LogP contribution in [-0.2, 0) is 7.05 Å². The Morgan fingerprint density at radius 2 is 2.21 bits per heavy atom. The van der Waals surface area contributed by atoms with Crippen molar-refractivity contribution in [1.29, 1.82) is 0 Å². The van der Waals surface area contributed by atoms with Gasteiger partial charge in [0.1, 0.15) is 5.82 Å². The highest BCUT2D eigenvalue weighted by Crippen LogP contribution is 2.28. The molecule has 7 heteroatoms. The molecule has 0 radical (unpaired) electrons. The highest BCUT2D eigenvalue weighted by atomic mass is 32.1. The molecule has 96 valence electrons. The van der Waals surface area contributed by atoms with Crippen molar-refractivity contribution >= 4 is 45.0 Å². The first-order valence-electron chi connectivity index (χ1n) is 5.53. The lowest BCUT2D eigenvalue weighted by molar-refractivity contribution is 0.629. The molecule has 0 aliphatic rings. The minimum absolute atomic E-state index is 0.124. The summed E-state index contributed by atoms with van der Waals surface area (Å²) < 4.78 is 15.1. The normalized spacial score (nSPS) is 11.1. The minimum atomic E-state index is -0.313. The van der Waals surface area contributed by atoms with E-state index in [4.69, 9.17) is 18.0 Å². The van der Waals surface area contributed by atoms with Crippen molar-refractivity contribution in [3.05, 3.63) is 30.2 Å². The molecule has 0 fully saturated rings. The van der Waals surface area contributed by atoms with Gasteiger partial charge in [-0.15, -0.1) is 0 Å². The van der Waals surface area contributed by atoms with E-state index in [0.717, 1.165) is 10.9 Å². The Balaban J connectivity index is 2.39. The summed E-state index contributed by atoms with van der Waals surface area (Å²) in [5, 5.41) is 8.64. The third-order valence-corrected chi connectivity index (χ3v) is 2.97. The zero-order valence-electron chi connectivity index (χ0n) is 10.0. The van der Waals surface area contributed by atoms with Gasteiger partial charge in [0.2, 0.25) is 0 Å². The van der Waals surface area contributed by atoms with E-state index in [-0.39, 0.29) is 10.9 Å². The van der Waals surface area contributed by atoms with Crippen LogP contribution in [0.5, 0.6) is 0 Å². The fraction of sp³-hybridized carbons (Fsp3) is 0.0833. The van der Waals surface area contributed by atoms with Crippen molar-refractivity contribution in [1.82, 2.24) is 14.8 Å². The number of aryl methyl sites for hydroxylation is 1. The largest absolute Gasteiger partial charge is 0.376 e. The van der Waals surface area contributed by atoms with Gasteiger partial charge in [0.05, 0.1) is 16.4 Å². The summed E-state index contributed by atoms with van der Waals surface area (Å²) in [4.78, 5) is 4.29. The number of aromatic nitrogens is 3. The van der Waals surface area contributed by atoms with Crippen LogP contribution in [0.2, 0.25) is 0 Å². The molecule has 0 aliphatic heterocycles. The SMILES string of the molecule is Cn1nc(NC(N)=S)c2cnc3ccc(F)cc3c21. The van der Waals surface area contributed by atoms with Gasteiger partial charge in [0.25, 0.3) is 0 Å². The van der Waals surface area contributed by atoms with Gasteiger partial charge in [-0.2, -0.15) is 5.10 Å². The van der Waals surface area contributed by atoms with Crippen molar-refractivity contribution in [3.8, 4) is 0 Å². The molecule has 0 aliphatic carbocycles. The molecule has 3 N–H and O–H groups in total. The van der Waals surface area contributed by atoms with Gasteiger partial charge in [-0.25, -0.2) is 4.39 Å². The fourth-order valence-electron chi connectivity index (χ4n) is 2.14. The van der Waals surface area contributed by atoms with Gasteiger partial charge in [-0.05, 0) is 30.4 Å². The van der Waals surface area contributed by atoms with Crippen LogP contribution < -0.4 is 11.1 Å². The van der Waals surface area contributed by atoms with Gasteiger partial charge in [0.15, 0.2) is 10.9 Å². The van der Waals surface area contributed by atoms with Crippen LogP contribution in [0.15, 0.2) is 24.4 Å². The predicted molar refractivity (Wildman–Crippen MR) is 76.4 cm³/mol. The lowest BCUT2D eigenvalue weighted by Crippen LogP contribution is -2.19. The highest BCUT2D eigenvalue weighted by molar-refractivity contribution is 7.80. The highest BCUT2D eigenvalue weighted by Gasteiger charge is 2.13. The lowest BCUT2D eigenvalue weighted by atomic mass is 10.1. The van der Waals surface area contributed by atoms with Crippen LogP contribution in [0.4, 0.5) is 10.2 Å². The van der Waals surface area contributed by atoms with Crippen LogP contribution in [0, 0.1) is 5.82 Å². The number of hydrogen-bond donors (Lipinski definition) is 2. The van der Waals surface area contributed by atoms with E-state index >= 15 is 0 Å². The standard InChI is InChI=1S/C12H10FN5S/c1-18-10-7-4-6(13)2-3-9(7)15-5-8(10)11(17-18)16-12(14)19/h2-5H,1H3,(H3,14,16,17,19). The van der Waals surface area contributed by atoms with Gasteiger partial charge >= 0.3 is 0 Å². The quantitative estimate of drug-likeness (QED) is 0.664. The second-order valence-corrected chi connectivity index (χ2v) is 4.58. The maximum Gasteiger partial charge on any atom is 0.169 e. The molecule has 0 saturated heterocycles. The molecule has 5 nitrogen and oxygen atoms in total. The van der Waals surface area contributed by atoms with E-state index in [9.17, 15) is 4.39 Å². The molecule has 0 saturated carbocycles. The van der Waals surface area contributed by atoms with E-state index in [1.54, 1.807) is 24.0 Å². The molecule has 2 heterocycles. The number of benzene rings is 1. The average Bonchev–Trinajstić information content (AvgIpc) is 2.65. The number of anilines is 1. The summed E-state index contributed by atoms with van der Waals surface area (Å²) in [6, 6.07) is 4.46. The summed E-state index contributed by atoms with van der Waals surface area (Å²) in [5.41, 5.74) is 6.94.